The third-order valence-corrected chi connectivity index (χ3v) is 4.44. The highest BCUT2D eigenvalue weighted by molar-refractivity contribution is 6.07. The number of benzene rings is 2. The number of hydrogen-bond acceptors (Lipinski definition) is 2. The van der Waals surface area contributed by atoms with Crippen molar-refractivity contribution in [3.05, 3.63) is 48.0 Å². The summed E-state index contributed by atoms with van der Waals surface area (Å²) in [5.41, 5.74) is 0.476. The predicted molar refractivity (Wildman–Crippen MR) is 82.8 cm³/mol. The Bertz CT molecular complexity index is 716. The van der Waals surface area contributed by atoms with E-state index < -0.39 is 0 Å². The molecule has 2 aromatic carbocycles. The maximum atomic E-state index is 12.8. The first-order valence-corrected chi connectivity index (χ1v) is 7.31. The molecule has 0 atom stereocenters. The molecule has 0 radical (unpaired) electrons. The lowest BCUT2D eigenvalue weighted by Gasteiger charge is -2.35. The molecule has 1 aliphatic heterocycles. The normalized spacial score (nSPS) is 17.4. The number of amides is 1. The van der Waals surface area contributed by atoms with E-state index in [1.54, 1.807) is 0 Å². The number of nitriles is 1. The molecular weight excluding hydrogens is 260 g/mol. The average molecular weight is 278 g/mol. The zero-order valence-corrected chi connectivity index (χ0v) is 12.2. The fraction of sp³-hybridized carbons (Fsp3) is 0.333. The van der Waals surface area contributed by atoms with Crippen molar-refractivity contribution in [1.82, 2.24) is 4.90 Å². The fourth-order valence-corrected chi connectivity index (χ4v) is 2.90. The number of rotatable bonds is 1. The SMILES string of the molecule is CC1(C#N)CCN(C(=O)c2cccc3ccccc23)CC1. The molecular formula is C18H18N2O. The Morgan fingerprint density at radius 3 is 2.52 bits per heavy atom. The van der Waals surface area contributed by atoms with Gasteiger partial charge in [0.05, 0.1) is 11.5 Å². The van der Waals surface area contributed by atoms with Gasteiger partial charge in [0.2, 0.25) is 0 Å². The van der Waals surface area contributed by atoms with Gasteiger partial charge in [0.25, 0.3) is 5.91 Å². The third kappa shape index (κ3) is 2.50. The average Bonchev–Trinajstić information content (AvgIpc) is 2.54. The molecule has 0 N–H and O–H groups in total. The van der Waals surface area contributed by atoms with Crippen LogP contribution in [0.4, 0.5) is 0 Å². The van der Waals surface area contributed by atoms with Crippen LogP contribution in [0.5, 0.6) is 0 Å². The molecule has 0 aromatic heterocycles. The fourth-order valence-electron chi connectivity index (χ4n) is 2.90. The van der Waals surface area contributed by atoms with Crippen LogP contribution in [0.25, 0.3) is 10.8 Å². The lowest BCUT2D eigenvalue weighted by Crippen LogP contribution is -2.41. The number of carbonyl (C=O) groups excluding carboxylic acids is 1. The topological polar surface area (TPSA) is 44.1 Å². The minimum atomic E-state index is -0.282. The summed E-state index contributed by atoms with van der Waals surface area (Å²) in [4.78, 5) is 14.6. The summed E-state index contributed by atoms with van der Waals surface area (Å²) in [5.74, 6) is 0.0757. The smallest absolute Gasteiger partial charge is 0.254 e. The van der Waals surface area contributed by atoms with Gasteiger partial charge in [0.1, 0.15) is 0 Å². The van der Waals surface area contributed by atoms with E-state index >= 15 is 0 Å². The van der Waals surface area contributed by atoms with Gasteiger partial charge in [-0.05, 0) is 36.6 Å². The second-order valence-corrected chi connectivity index (χ2v) is 5.99. The number of carbonyl (C=O) groups is 1. The van der Waals surface area contributed by atoms with Crippen LogP contribution in [-0.4, -0.2) is 23.9 Å². The number of hydrogen-bond donors (Lipinski definition) is 0. The Morgan fingerprint density at radius 2 is 1.81 bits per heavy atom. The molecule has 1 aliphatic rings. The molecule has 2 aromatic rings. The lowest BCUT2D eigenvalue weighted by molar-refractivity contribution is 0.0663. The molecule has 1 fully saturated rings. The summed E-state index contributed by atoms with van der Waals surface area (Å²) >= 11 is 0. The summed E-state index contributed by atoms with van der Waals surface area (Å²) in [7, 11) is 0. The second kappa shape index (κ2) is 5.21. The van der Waals surface area contributed by atoms with Crippen molar-refractivity contribution in [3.8, 4) is 6.07 Å². The Morgan fingerprint density at radius 1 is 1.14 bits per heavy atom. The molecule has 1 saturated heterocycles. The van der Waals surface area contributed by atoms with Gasteiger partial charge in [-0.2, -0.15) is 5.26 Å². The highest BCUT2D eigenvalue weighted by Gasteiger charge is 2.32. The van der Waals surface area contributed by atoms with Gasteiger partial charge in [-0.25, -0.2) is 0 Å². The third-order valence-electron chi connectivity index (χ3n) is 4.44. The molecule has 1 amide bonds. The lowest BCUT2D eigenvalue weighted by atomic mass is 9.82. The molecule has 106 valence electrons. The summed E-state index contributed by atoms with van der Waals surface area (Å²) in [5, 5.41) is 11.3. The standard InChI is InChI=1S/C18H18N2O/c1-18(13-19)9-11-20(12-10-18)17(21)16-8-4-6-14-5-2-3-7-15(14)16/h2-8H,9-12H2,1H3. The van der Waals surface area contributed by atoms with Crippen LogP contribution in [0.2, 0.25) is 0 Å². The summed E-state index contributed by atoms with van der Waals surface area (Å²) in [6, 6.07) is 16.2. The Kier molecular flexibility index (Phi) is 3.39. The van der Waals surface area contributed by atoms with Gasteiger partial charge in [-0.15, -0.1) is 0 Å². The number of nitrogens with zero attached hydrogens (tertiary/aromatic N) is 2. The van der Waals surface area contributed by atoms with E-state index in [1.165, 1.54) is 0 Å². The number of piperidine rings is 1. The maximum Gasteiger partial charge on any atom is 0.254 e. The van der Waals surface area contributed by atoms with E-state index in [0.717, 1.165) is 29.2 Å². The first-order chi connectivity index (χ1) is 10.1. The summed E-state index contributed by atoms with van der Waals surface area (Å²) in [6.07, 6.45) is 1.50. The molecule has 3 heteroatoms. The van der Waals surface area contributed by atoms with Gasteiger partial charge in [-0.3, -0.25) is 4.79 Å². The van der Waals surface area contributed by atoms with Crippen LogP contribution in [0, 0.1) is 16.7 Å². The van der Waals surface area contributed by atoms with Crippen LogP contribution in [0.15, 0.2) is 42.5 Å². The van der Waals surface area contributed by atoms with E-state index in [2.05, 4.69) is 6.07 Å². The van der Waals surface area contributed by atoms with E-state index in [0.29, 0.717) is 13.1 Å². The largest absolute Gasteiger partial charge is 0.339 e. The molecule has 0 bridgehead atoms. The van der Waals surface area contributed by atoms with Crippen molar-refractivity contribution >= 4 is 16.7 Å². The van der Waals surface area contributed by atoms with Crippen LogP contribution in [-0.2, 0) is 0 Å². The first kappa shape index (κ1) is 13.6. The van der Waals surface area contributed by atoms with Crippen molar-refractivity contribution in [2.45, 2.75) is 19.8 Å². The summed E-state index contributed by atoms with van der Waals surface area (Å²) in [6.45, 7) is 3.30. The molecule has 21 heavy (non-hydrogen) atoms. The van der Waals surface area contributed by atoms with Crippen LogP contribution in [0.3, 0.4) is 0 Å². The van der Waals surface area contributed by atoms with Crippen molar-refractivity contribution < 1.29 is 4.79 Å². The Labute approximate surface area is 124 Å². The van der Waals surface area contributed by atoms with E-state index in [-0.39, 0.29) is 11.3 Å². The van der Waals surface area contributed by atoms with Crippen molar-refractivity contribution in [1.29, 1.82) is 5.26 Å². The molecule has 0 aliphatic carbocycles. The maximum absolute atomic E-state index is 12.8. The highest BCUT2D eigenvalue weighted by atomic mass is 16.2. The van der Waals surface area contributed by atoms with E-state index in [4.69, 9.17) is 0 Å². The first-order valence-electron chi connectivity index (χ1n) is 7.31. The van der Waals surface area contributed by atoms with Gasteiger partial charge in [-0.1, -0.05) is 36.4 Å². The Balaban J connectivity index is 1.87. The van der Waals surface area contributed by atoms with Crippen molar-refractivity contribution in [3.63, 3.8) is 0 Å². The molecule has 0 unspecified atom stereocenters. The molecule has 0 spiro atoms. The predicted octanol–water partition coefficient (Wildman–Crippen LogP) is 3.61. The van der Waals surface area contributed by atoms with Crippen LogP contribution < -0.4 is 0 Å². The second-order valence-electron chi connectivity index (χ2n) is 5.99. The highest BCUT2D eigenvalue weighted by Crippen LogP contribution is 2.31. The zero-order valence-electron chi connectivity index (χ0n) is 12.2. The molecule has 3 rings (SSSR count). The van der Waals surface area contributed by atoms with E-state index in [1.807, 2.05) is 54.3 Å². The van der Waals surface area contributed by atoms with Crippen LogP contribution in [0.1, 0.15) is 30.1 Å². The number of likely N-dealkylation sites (tertiary alicyclic amines) is 1. The van der Waals surface area contributed by atoms with Crippen LogP contribution >= 0.6 is 0 Å². The minimum Gasteiger partial charge on any atom is -0.339 e. The quantitative estimate of drug-likeness (QED) is 0.800. The van der Waals surface area contributed by atoms with Gasteiger partial charge >= 0.3 is 0 Å². The number of fused-ring (bicyclic) bond motifs is 1. The van der Waals surface area contributed by atoms with Gasteiger partial charge < -0.3 is 4.90 Å². The summed E-state index contributed by atoms with van der Waals surface area (Å²) < 4.78 is 0. The van der Waals surface area contributed by atoms with Gasteiger partial charge in [0.15, 0.2) is 0 Å². The zero-order chi connectivity index (χ0) is 14.9. The Hall–Kier alpha value is -2.34. The monoisotopic (exact) mass is 278 g/mol. The molecule has 1 heterocycles. The van der Waals surface area contributed by atoms with Crippen molar-refractivity contribution in [2.24, 2.45) is 5.41 Å². The van der Waals surface area contributed by atoms with Crippen molar-refractivity contribution in [2.75, 3.05) is 13.1 Å². The minimum absolute atomic E-state index is 0.0757. The molecule has 0 saturated carbocycles. The van der Waals surface area contributed by atoms with Gasteiger partial charge in [0, 0.05) is 18.7 Å². The molecule has 3 nitrogen and oxygen atoms in total. The van der Waals surface area contributed by atoms with E-state index in [9.17, 15) is 10.1 Å².